The van der Waals surface area contributed by atoms with Crippen LogP contribution in [0, 0.1) is 5.92 Å². The van der Waals surface area contributed by atoms with Crippen LogP contribution in [-0.4, -0.2) is 33.6 Å². The summed E-state index contributed by atoms with van der Waals surface area (Å²) in [7, 11) is 0. The molecule has 5 heteroatoms. The number of nitrogens with one attached hydrogen (secondary N) is 1. The Bertz CT molecular complexity index is 519. The fourth-order valence-electron chi connectivity index (χ4n) is 3.54. The number of carbonyl (C=O) groups is 1. The Morgan fingerprint density at radius 2 is 2.05 bits per heavy atom. The van der Waals surface area contributed by atoms with E-state index in [2.05, 4.69) is 10.2 Å². The van der Waals surface area contributed by atoms with Crippen molar-refractivity contribution in [3.8, 4) is 0 Å². The fraction of sp³-hybridized carbons (Fsp3) is 0.643. The zero-order valence-electron chi connectivity index (χ0n) is 11.0. The van der Waals surface area contributed by atoms with Crippen LogP contribution in [-0.2, 0) is 0 Å². The first kappa shape index (κ1) is 12.4. The number of carbonyl (C=O) groups excluding carboxylic acids is 1. The first-order chi connectivity index (χ1) is 9.27. The Morgan fingerprint density at radius 3 is 2.79 bits per heavy atom. The van der Waals surface area contributed by atoms with Crippen molar-refractivity contribution in [2.45, 2.75) is 44.6 Å². The van der Waals surface area contributed by atoms with E-state index < -0.39 is 0 Å². The summed E-state index contributed by atoms with van der Waals surface area (Å²) in [5, 5.41) is 6.24. The molecule has 1 aliphatic heterocycles. The van der Waals surface area contributed by atoms with Gasteiger partial charge < -0.3 is 4.90 Å². The van der Waals surface area contributed by atoms with Gasteiger partial charge in [-0.05, 0) is 31.6 Å². The Hall–Kier alpha value is -1.65. The summed E-state index contributed by atoms with van der Waals surface area (Å²) < 4.78 is 0. The molecule has 0 spiro atoms. The second-order valence-corrected chi connectivity index (χ2v) is 5.56. The molecule has 0 radical (unpaired) electrons. The first-order valence-electron chi connectivity index (χ1n) is 7.11. The third kappa shape index (κ3) is 2.29. The highest BCUT2D eigenvalue weighted by atomic mass is 16.2. The van der Waals surface area contributed by atoms with Crippen molar-refractivity contribution in [2.75, 3.05) is 6.54 Å². The Balaban J connectivity index is 1.82. The molecule has 2 aliphatic rings. The first-order valence-corrected chi connectivity index (χ1v) is 7.11. The number of nitrogens with zero attached hydrogens (tertiary/aromatic N) is 2. The monoisotopic (exact) mass is 261 g/mol. The van der Waals surface area contributed by atoms with E-state index in [1.54, 1.807) is 0 Å². The van der Waals surface area contributed by atoms with Crippen LogP contribution in [0.25, 0.3) is 0 Å². The van der Waals surface area contributed by atoms with Gasteiger partial charge in [-0.2, -0.15) is 5.10 Å². The van der Waals surface area contributed by atoms with Crippen LogP contribution in [0.2, 0.25) is 0 Å². The maximum Gasteiger partial charge on any atom is 0.259 e. The van der Waals surface area contributed by atoms with Crippen LogP contribution in [0.3, 0.4) is 0 Å². The fourth-order valence-corrected chi connectivity index (χ4v) is 3.54. The number of hydrogen-bond acceptors (Lipinski definition) is 3. The van der Waals surface area contributed by atoms with E-state index in [4.69, 9.17) is 0 Å². The van der Waals surface area contributed by atoms with Crippen molar-refractivity contribution in [2.24, 2.45) is 5.92 Å². The van der Waals surface area contributed by atoms with Crippen LogP contribution < -0.4 is 5.43 Å². The number of likely N-dealkylation sites (tertiary alicyclic amines) is 1. The van der Waals surface area contributed by atoms with Gasteiger partial charge in [-0.3, -0.25) is 14.7 Å². The molecule has 102 valence electrons. The molecule has 5 nitrogen and oxygen atoms in total. The van der Waals surface area contributed by atoms with Gasteiger partial charge in [0, 0.05) is 18.8 Å². The number of aromatic nitrogens is 2. The van der Waals surface area contributed by atoms with Crippen LogP contribution in [0.15, 0.2) is 17.2 Å². The van der Waals surface area contributed by atoms with E-state index in [1.165, 1.54) is 38.1 Å². The minimum atomic E-state index is -0.291. The third-order valence-electron chi connectivity index (χ3n) is 4.47. The van der Waals surface area contributed by atoms with Crippen LogP contribution >= 0.6 is 0 Å². The quantitative estimate of drug-likeness (QED) is 0.878. The lowest BCUT2D eigenvalue weighted by Crippen LogP contribution is -2.41. The van der Waals surface area contributed by atoms with Crippen molar-refractivity contribution in [1.82, 2.24) is 15.1 Å². The molecule has 1 aromatic rings. The lowest BCUT2D eigenvalue weighted by atomic mass is 9.96. The lowest BCUT2D eigenvalue weighted by Gasteiger charge is -2.29. The molecule has 1 saturated heterocycles. The van der Waals surface area contributed by atoms with Crippen molar-refractivity contribution in [3.63, 3.8) is 0 Å². The van der Waals surface area contributed by atoms with Gasteiger partial charge in [0.2, 0.25) is 5.43 Å². The summed E-state index contributed by atoms with van der Waals surface area (Å²) >= 11 is 0. The number of H-pyrrole nitrogens is 1. The van der Waals surface area contributed by atoms with E-state index in [0.717, 1.165) is 19.4 Å². The van der Waals surface area contributed by atoms with Crippen LogP contribution in [0.1, 0.15) is 48.9 Å². The summed E-state index contributed by atoms with van der Waals surface area (Å²) in [6.07, 6.45) is 9.73. The molecular formula is C14H19N3O2. The van der Waals surface area contributed by atoms with Gasteiger partial charge in [-0.25, -0.2) is 0 Å². The standard InChI is InChI=1S/C14H19N3O2/c18-13-9-16-15-8-11(13)14(19)17-7-3-6-12(17)10-4-1-2-5-10/h8-10,12H,1-7H2,(H,15,18). The second-order valence-electron chi connectivity index (χ2n) is 5.56. The molecule has 2 fully saturated rings. The highest BCUT2D eigenvalue weighted by Gasteiger charge is 2.36. The minimum Gasteiger partial charge on any atom is -0.335 e. The number of rotatable bonds is 2. The van der Waals surface area contributed by atoms with E-state index in [0.29, 0.717) is 12.0 Å². The van der Waals surface area contributed by atoms with Crippen molar-refractivity contribution >= 4 is 5.91 Å². The van der Waals surface area contributed by atoms with E-state index in [9.17, 15) is 9.59 Å². The van der Waals surface area contributed by atoms with E-state index in [1.807, 2.05) is 4.90 Å². The maximum absolute atomic E-state index is 12.5. The van der Waals surface area contributed by atoms with Crippen LogP contribution in [0.4, 0.5) is 0 Å². The predicted octanol–water partition coefficient (Wildman–Crippen LogP) is 1.56. The number of amides is 1. The summed E-state index contributed by atoms with van der Waals surface area (Å²) in [4.78, 5) is 26.1. The molecule has 1 N–H and O–H groups in total. The third-order valence-corrected chi connectivity index (χ3v) is 4.47. The highest BCUT2D eigenvalue weighted by Crippen LogP contribution is 2.35. The summed E-state index contributed by atoms with van der Waals surface area (Å²) in [6.45, 7) is 0.780. The van der Waals surface area contributed by atoms with Gasteiger partial charge in [0.15, 0.2) is 0 Å². The largest absolute Gasteiger partial charge is 0.335 e. The molecule has 19 heavy (non-hydrogen) atoms. The average molecular weight is 261 g/mol. The number of aromatic amines is 1. The van der Waals surface area contributed by atoms with Crippen LogP contribution in [0.5, 0.6) is 0 Å². The highest BCUT2D eigenvalue weighted by molar-refractivity contribution is 5.94. The van der Waals surface area contributed by atoms with Gasteiger partial charge in [0.1, 0.15) is 5.56 Å². The predicted molar refractivity (Wildman–Crippen MR) is 70.9 cm³/mol. The van der Waals surface area contributed by atoms with Crippen molar-refractivity contribution in [3.05, 3.63) is 28.2 Å². The zero-order valence-corrected chi connectivity index (χ0v) is 11.0. The Labute approximate surface area is 112 Å². The number of hydrogen-bond donors (Lipinski definition) is 1. The Kier molecular flexibility index (Phi) is 3.36. The van der Waals surface area contributed by atoms with Gasteiger partial charge in [0.05, 0.1) is 6.20 Å². The van der Waals surface area contributed by atoms with Gasteiger partial charge in [0.25, 0.3) is 5.91 Å². The summed E-state index contributed by atoms with van der Waals surface area (Å²) in [6, 6.07) is 0.336. The molecule has 1 unspecified atom stereocenters. The lowest BCUT2D eigenvalue weighted by molar-refractivity contribution is 0.0687. The second kappa shape index (κ2) is 5.15. The Morgan fingerprint density at radius 1 is 1.26 bits per heavy atom. The molecule has 1 aromatic heterocycles. The molecule has 0 bridgehead atoms. The molecular weight excluding hydrogens is 242 g/mol. The minimum absolute atomic E-state index is 0.127. The van der Waals surface area contributed by atoms with Gasteiger partial charge in [-0.1, -0.05) is 12.8 Å². The molecule has 2 heterocycles. The molecule has 0 aromatic carbocycles. The summed E-state index contributed by atoms with van der Waals surface area (Å²) in [5.41, 5.74) is -0.0688. The van der Waals surface area contributed by atoms with Crippen molar-refractivity contribution in [1.29, 1.82) is 0 Å². The smallest absolute Gasteiger partial charge is 0.259 e. The van der Waals surface area contributed by atoms with Gasteiger partial charge >= 0.3 is 0 Å². The molecule has 1 atom stereocenters. The average Bonchev–Trinajstić information content (AvgIpc) is 3.09. The molecule has 1 amide bonds. The topological polar surface area (TPSA) is 66.1 Å². The molecule has 1 aliphatic carbocycles. The maximum atomic E-state index is 12.5. The van der Waals surface area contributed by atoms with Gasteiger partial charge in [-0.15, -0.1) is 0 Å². The van der Waals surface area contributed by atoms with E-state index >= 15 is 0 Å². The van der Waals surface area contributed by atoms with Crippen molar-refractivity contribution < 1.29 is 4.79 Å². The molecule has 3 rings (SSSR count). The molecule has 1 saturated carbocycles. The zero-order chi connectivity index (χ0) is 13.2. The summed E-state index contributed by atoms with van der Waals surface area (Å²) in [5.74, 6) is 0.505. The van der Waals surface area contributed by atoms with E-state index in [-0.39, 0.29) is 16.9 Å². The SMILES string of the molecule is O=C(c1c[nH]ncc1=O)N1CCCC1C1CCCC1. The normalized spacial score (nSPS) is 24.0.